The van der Waals surface area contributed by atoms with E-state index in [-0.39, 0.29) is 17.4 Å². The maximum Gasteiger partial charge on any atom is 0.266 e. The van der Waals surface area contributed by atoms with E-state index in [0.29, 0.717) is 40.4 Å². The molecule has 0 saturated carbocycles. The van der Waals surface area contributed by atoms with Crippen LogP contribution < -0.4 is 19.4 Å². The van der Waals surface area contributed by atoms with Gasteiger partial charge in [-0.2, -0.15) is 0 Å². The molecule has 3 aromatic carbocycles. The van der Waals surface area contributed by atoms with Gasteiger partial charge in [-0.15, -0.1) is 0 Å². The van der Waals surface area contributed by atoms with E-state index in [2.05, 4.69) is 15.9 Å². The van der Waals surface area contributed by atoms with Gasteiger partial charge in [0.25, 0.3) is 5.91 Å². The highest BCUT2D eigenvalue weighted by atomic mass is 79.9. The Bertz CT molecular complexity index is 1280. The van der Waals surface area contributed by atoms with E-state index in [9.17, 15) is 14.7 Å². The number of anilines is 2. The highest BCUT2D eigenvalue weighted by Crippen LogP contribution is 2.49. The van der Waals surface area contributed by atoms with Crippen LogP contribution in [0.2, 0.25) is 0 Å². The van der Waals surface area contributed by atoms with Gasteiger partial charge in [0, 0.05) is 0 Å². The van der Waals surface area contributed by atoms with E-state index < -0.39 is 24.0 Å². The molecule has 2 aliphatic heterocycles. The van der Waals surface area contributed by atoms with Crippen LogP contribution in [0, 0.1) is 5.92 Å². The summed E-state index contributed by atoms with van der Waals surface area (Å²) in [7, 11) is 0. The monoisotopic (exact) mass is 552 g/mol. The number of carbonyl (C=O) groups excluding carboxylic acids is 2. The van der Waals surface area contributed by atoms with Crippen molar-refractivity contribution in [3.05, 3.63) is 76.8 Å². The standard InChI is InChI=1S/C27H25BrN2O6/c1-3-34-19-12-10-17(11-13-19)29-26(32)22-23(16-14-20(28)24(31)21(15-16)35-4-2)30(36-25(22)27(29)33)18-8-6-5-7-9-18/h5-15,22-23,25,31H,3-4H2,1-2H3/t22-,23+,25+/m1/s1. The van der Waals surface area contributed by atoms with Gasteiger partial charge in [-0.05, 0) is 83.9 Å². The molecule has 36 heavy (non-hydrogen) atoms. The van der Waals surface area contributed by atoms with Crippen LogP contribution in [0.15, 0.2) is 71.2 Å². The topological polar surface area (TPSA) is 88.5 Å². The van der Waals surface area contributed by atoms with E-state index in [0.717, 1.165) is 0 Å². The molecule has 0 bridgehead atoms. The zero-order valence-electron chi connectivity index (χ0n) is 19.8. The van der Waals surface area contributed by atoms with Crippen LogP contribution in [0.1, 0.15) is 25.5 Å². The Morgan fingerprint density at radius 1 is 0.917 bits per heavy atom. The lowest BCUT2D eigenvalue weighted by molar-refractivity contribution is -0.126. The quantitative estimate of drug-likeness (QED) is 0.412. The fraction of sp³-hybridized carbons (Fsp3) is 0.259. The highest BCUT2D eigenvalue weighted by Gasteiger charge is 2.60. The molecule has 1 N–H and O–H groups in total. The molecule has 2 amide bonds. The van der Waals surface area contributed by atoms with Crippen LogP contribution in [0.4, 0.5) is 11.4 Å². The largest absolute Gasteiger partial charge is 0.503 e. The number of para-hydroxylation sites is 1. The minimum Gasteiger partial charge on any atom is -0.503 e. The van der Waals surface area contributed by atoms with Crippen molar-refractivity contribution in [3.8, 4) is 17.2 Å². The number of halogens is 1. The Morgan fingerprint density at radius 3 is 2.28 bits per heavy atom. The van der Waals surface area contributed by atoms with Gasteiger partial charge in [0.15, 0.2) is 17.6 Å². The number of hydrogen-bond donors (Lipinski definition) is 1. The molecule has 2 saturated heterocycles. The second kappa shape index (κ2) is 9.83. The number of ether oxygens (including phenoxy) is 2. The first-order valence-electron chi connectivity index (χ1n) is 11.7. The van der Waals surface area contributed by atoms with Crippen molar-refractivity contribution in [2.75, 3.05) is 23.2 Å². The predicted octanol–water partition coefficient (Wildman–Crippen LogP) is 5.00. The minimum absolute atomic E-state index is 0.0350. The fourth-order valence-electron chi connectivity index (χ4n) is 4.69. The summed E-state index contributed by atoms with van der Waals surface area (Å²) in [5.74, 6) is -0.705. The maximum atomic E-state index is 13.8. The Balaban J connectivity index is 1.57. The van der Waals surface area contributed by atoms with Crippen LogP contribution in [-0.4, -0.2) is 36.2 Å². The van der Waals surface area contributed by atoms with Gasteiger partial charge in [-0.1, -0.05) is 18.2 Å². The number of imide groups is 1. The van der Waals surface area contributed by atoms with Crippen molar-refractivity contribution in [3.63, 3.8) is 0 Å². The van der Waals surface area contributed by atoms with Crippen LogP contribution in [0.3, 0.4) is 0 Å². The average Bonchev–Trinajstić information content (AvgIpc) is 3.39. The molecule has 5 rings (SSSR count). The number of phenolic OH excluding ortho intramolecular Hbond substituents is 1. The van der Waals surface area contributed by atoms with Crippen molar-refractivity contribution in [1.29, 1.82) is 0 Å². The van der Waals surface area contributed by atoms with Gasteiger partial charge < -0.3 is 14.6 Å². The first-order chi connectivity index (χ1) is 17.4. The number of rotatable bonds is 7. The highest BCUT2D eigenvalue weighted by molar-refractivity contribution is 9.10. The van der Waals surface area contributed by atoms with Crippen molar-refractivity contribution in [2.45, 2.75) is 26.0 Å². The molecule has 186 valence electrons. The van der Waals surface area contributed by atoms with Crippen molar-refractivity contribution in [2.24, 2.45) is 5.92 Å². The van der Waals surface area contributed by atoms with Gasteiger partial charge in [0.1, 0.15) is 11.7 Å². The summed E-state index contributed by atoms with van der Waals surface area (Å²) in [4.78, 5) is 34.7. The van der Waals surface area contributed by atoms with Crippen LogP contribution in [0.25, 0.3) is 0 Å². The first kappa shape index (κ1) is 24.1. The number of amides is 2. The van der Waals surface area contributed by atoms with E-state index in [4.69, 9.17) is 14.3 Å². The number of nitrogens with zero attached hydrogens (tertiary/aromatic N) is 2. The molecule has 8 nitrogen and oxygen atoms in total. The van der Waals surface area contributed by atoms with E-state index in [1.165, 1.54) is 4.90 Å². The molecule has 0 spiro atoms. The van der Waals surface area contributed by atoms with E-state index >= 15 is 0 Å². The van der Waals surface area contributed by atoms with E-state index in [1.54, 1.807) is 41.5 Å². The third-order valence-corrected chi connectivity index (χ3v) is 6.83. The zero-order chi connectivity index (χ0) is 25.4. The van der Waals surface area contributed by atoms with Gasteiger partial charge in [-0.3, -0.25) is 14.4 Å². The molecular formula is C27H25BrN2O6. The maximum absolute atomic E-state index is 13.8. The number of aromatic hydroxyl groups is 1. The molecule has 0 unspecified atom stereocenters. The number of phenols is 1. The molecule has 0 radical (unpaired) electrons. The summed E-state index contributed by atoms with van der Waals surface area (Å²) < 4.78 is 11.5. The average molecular weight is 553 g/mol. The number of hydroxylamine groups is 1. The van der Waals surface area contributed by atoms with Crippen molar-refractivity contribution >= 4 is 39.1 Å². The number of hydrogen-bond acceptors (Lipinski definition) is 7. The number of carbonyl (C=O) groups is 2. The van der Waals surface area contributed by atoms with Crippen LogP contribution >= 0.6 is 15.9 Å². The second-order valence-corrected chi connectivity index (χ2v) is 9.23. The van der Waals surface area contributed by atoms with Crippen molar-refractivity contribution in [1.82, 2.24) is 0 Å². The SMILES string of the molecule is CCOc1ccc(N2C(=O)[C@H]3[C@H](ON(c4ccccc4)[C@H]3c3cc(Br)c(O)c(OCC)c3)C2=O)cc1. The van der Waals surface area contributed by atoms with Crippen LogP contribution in [0.5, 0.6) is 17.2 Å². The number of fused-ring (bicyclic) bond motifs is 1. The molecule has 3 atom stereocenters. The van der Waals surface area contributed by atoms with Gasteiger partial charge in [-0.25, -0.2) is 9.96 Å². The summed E-state index contributed by atoms with van der Waals surface area (Å²) in [5.41, 5.74) is 1.82. The van der Waals surface area contributed by atoms with Gasteiger partial charge in [0.2, 0.25) is 5.91 Å². The molecule has 2 aliphatic rings. The molecule has 2 heterocycles. The zero-order valence-corrected chi connectivity index (χ0v) is 21.3. The molecule has 2 fully saturated rings. The van der Waals surface area contributed by atoms with Crippen molar-refractivity contribution < 1.29 is 29.0 Å². The molecule has 0 aromatic heterocycles. The Labute approximate surface area is 217 Å². The summed E-state index contributed by atoms with van der Waals surface area (Å²) in [5, 5.41) is 12.1. The third kappa shape index (κ3) is 4.08. The summed E-state index contributed by atoms with van der Waals surface area (Å²) in [6.45, 7) is 4.57. The first-order valence-corrected chi connectivity index (χ1v) is 12.5. The Morgan fingerprint density at radius 2 is 1.61 bits per heavy atom. The van der Waals surface area contributed by atoms with E-state index in [1.807, 2.05) is 44.2 Å². The third-order valence-electron chi connectivity index (χ3n) is 6.22. The number of benzene rings is 3. The summed E-state index contributed by atoms with van der Waals surface area (Å²) >= 11 is 3.39. The summed E-state index contributed by atoms with van der Waals surface area (Å²) in [6.07, 6.45) is -1.00. The molecule has 0 aliphatic carbocycles. The minimum atomic E-state index is -1.00. The molecule has 3 aromatic rings. The Hall–Kier alpha value is -3.56. The molecular weight excluding hydrogens is 528 g/mol. The summed E-state index contributed by atoms with van der Waals surface area (Å²) in [6, 6.07) is 18.9. The molecule has 9 heteroatoms. The lowest BCUT2D eigenvalue weighted by atomic mass is 9.90. The van der Waals surface area contributed by atoms with Crippen LogP contribution in [-0.2, 0) is 14.4 Å². The Kier molecular flexibility index (Phi) is 6.59. The smallest absolute Gasteiger partial charge is 0.266 e. The lowest BCUT2D eigenvalue weighted by Gasteiger charge is -2.29. The van der Waals surface area contributed by atoms with Gasteiger partial charge in [0.05, 0.1) is 35.1 Å². The predicted molar refractivity (Wildman–Crippen MR) is 137 cm³/mol. The normalized spacial score (nSPS) is 21.1. The van der Waals surface area contributed by atoms with Gasteiger partial charge >= 0.3 is 0 Å². The fourth-order valence-corrected chi connectivity index (χ4v) is 5.15. The lowest BCUT2D eigenvalue weighted by Crippen LogP contribution is -2.37. The second-order valence-electron chi connectivity index (χ2n) is 8.38.